The van der Waals surface area contributed by atoms with Gasteiger partial charge in [-0.3, -0.25) is 9.59 Å². The number of carbonyl (C=O) groups excluding carboxylic acids is 1. The molecular weight excluding hydrogens is 258 g/mol. The Morgan fingerprint density at radius 1 is 1.35 bits per heavy atom. The lowest BCUT2D eigenvalue weighted by atomic mass is 9.97. The van der Waals surface area contributed by atoms with Crippen LogP contribution in [0.25, 0.3) is 0 Å². The summed E-state index contributed by atoms with van der Waals surface area (Å²) < 4.78 is 1.22. The lowest BCUT2D eigenvalue weighted by Crippen LogP contribution is -2.42. The van der Waals surface area contributed by atoms with E-state index in [-0.39, 0.29) is 29.6 Å². The molecule has 1 aromatic heterocycles. The largest absolute Gasteiger partial charge is 0.396 e. The molecule has 110 valence electrons. The van der Waals surface area contributed by atoms with Crippen molar-refractivity contribution in [3.05, 3.63) is 27.2 Å². The Morgan fingerprint density at radius 3 is 2.50 bits per heavy atom. The van der Waals surface area contributed by atoms with Gasteiger partial charge in [0.05, 0.1) is 5.69 Å². The van der Waals surface area contributed by atoms with E-state index in [1.807, 2.05) is 0 Å². The first kappa shape index (κ1) is 14.7. The van der Waals surface area contributed by atoms with Crippen LogP contribution in [0.4, 0.5) is 0 Å². The Balaban J connectivity index is 2.29. The molecular formula is C14H21N3O3. The van der Waals surface area contributed by atoms with Gasteiger partial charge in [0.2, 0.25) is 0 Å². The van der Waals surface area contributed by atoms with Crippen molar-refractivity contribution in [3.63, 3.8) is 0 Å². The van der Waals surface area contributed by atoms with Crippen LogP contribution in [0, 0.1) is 19.8 Å². The van der Waals surface area contributed by atoms with Crippen molar-refractivity contribution in [2.45, 2.75) is 26.7 Å². The van der Waals surface area contributed by atoms with Gasteiger partial charge in [-0.15, -0.1) is 0 Å². The van der Waals surface area contributed by atoms with Gasteiger partial charge in [-0.05, 0) is 38.2 Å². The smallest absolute Gasteiger partial charge is 0.279 e. The molecule has 1 fully saturated rings. The molecule has 0 bridgehead atoms. The molecule has 0 atom stereocenters. The summed E-state index contributed by atoms with van der Waals surface area (Å²) in [5.41, 5.74) is 1.23. The van der Waals surface area contributed by atoms with Crippen LogP contribution >= 0.6 is 0 Å². The summed E-state index contributed by atoms with van der Waals surface area (Å²) in [4.78, 5) is 26.4. The Morgan fingerprint density at radius 2 is 1.95 bits per heavy atom. The van der Waals surface area contributed by atoms with Crippen LogP contribution in [0.5, 0.6) is 0 Å². The van der Waals surface area contributed by atoms with Crippen molar-refractivity contribution in [3.8, 4) is 0 Å². The zero-order valence-electron chi connectivity index (χ0n) is 12.2. The summed E-state index contributed by atoms with van der Waals surface area (Å²) >= 11 is 0. The second kappa shape index (κ2) is 5.75. The minimum atomic E-state index is -0.345. The van der Waals surface area contributed by atoms with Crippen LogP contribution in [0.15, 0.2) is 4.79 Å². The van der Waals surface area contributed by atoms with E-state index in [1.54, 1.807) is 25.8 Å². The normalized spacial score (nSPS) is 16.5. The first-order valence-corrected chi connectivity index (χ1v) is 6.90. The zero-order valence-corrected chi connectivity index (χ0v) is 12.2. The Bertz CT molecular complexity index is 572. The van der Waals surface area contributed by atoms with Gasteiger partial charge >= 0.3 is 0 Å². The summed E-state index contributed by atoms with van der Waals surface area (Å²) in [6, 6.07) is 0. The third kappa shape index (κ3) is 2.60. The molecule has 2 heterocycles. The average molecular weight is 279 g/mol. The number of piperidine rings is 1. The Hall–Kier alpha value is -1.69. The van der Waals surface area contributed by atoms with E-state index in [0.717, 1.165) is 12.8 Å². The van der Waals surface area contributed by atoms with E-state index in [2.05, 4.69) is 5.10 Å². The van der Waals surface area contributed by atoms with Crippen molar-refractivity contribution < 1.29 is 9.90 Å². The van der Waals surface area contributed by atoms with E-state index in [1.165, 1.54) is 4.68 Å². The van der Waals surface area contributed by atoms with Gasteiger partial charge < -0.3 is 10.0 Å². The van der Waals surface area contributed by atoms with Gasteiger partial charge in [0.15, 0.2) is 0 Å². The highest BCUT2D eigenvalue weighted by Crippen LogP contribution is 2.19. The number of aliphatic hydroxyl groups excluding tert-OH is 1. The molecule has 1 aromatic rings. The summed E-state index contributed by atoms with van der Waals surface area (Å²) in [7, 11) is 1.56. The van der Waals surface area contributed by atoms with Gasteiger partial charge in [-0.25, -0.2) is 4.68 Å². The first-order valence-electron chi connectivity index (χ1n) is 6.90. The van der Waals surface area contributed by atoms with Crippen molar-refractivity contribution in [2.75, 3.05) is 19.7 Å². The highest BCUT2D eigenvalue weighted by atomic mass is 16.3. The third-order valence-electron chi connectivity index (χ3n) is 4.10. The molecule has 1 N–H and O–H groups in total. The molecule has 2 rings (SSSR count). The fraction of sp³-hybridized carbons (Fsp3) is 0.643. The van der Waals surface area contributed by atoms with Crippen molar-refractivity contribution >= 4 is 5.91 Å². The lowest BCUT2D eigenvalue weighted by Gasteiger charge is -2.31. The number of amides is 1. The Labute approximate surface area is 118 Å². The summed E-state index contributed by atoms with van der Waals surface area (Å²) in [5.74, 6) is 0.0483. The van der Waals surface area contributed by atoms with Crippen LogP contribution in [0.3, 0.4) is 0 Å². The predicted molar refractivity (Wildman–Crippen MR) is 74.7 cm³/mol. The van der Waals surface area contributed by atoms with Gasteiger partial charge in [-0.2, -0.15) is 5.10 Å². The van der Waals surface area contributed by atoms with Gasteiger partial charge in [0.25, 0.3) is 11.5 Å². The van der Waals surface area contributed by atoms with Crippen molar-refractivity contribution in [1.82, 2.24) is 14.7 Å². The highest BCUT2D eigenvalue weighted by molar-refractivity contribution is 5.95. The van der Waals surface area contributed by atoms with E-state index >= 15 is 0 Å². The molecule has 1 aliphatic heterocycles. The first-order chi connectivity index (χ1) is 9.45. The maximum Gasteiger partial charge on any atom is 0.279 e. The lowest BCUT2D eigenvalue weighted by molar-refractivity contribution is 0.0647. The van der Waals surface area contributed by atoms with Gasteiger partial charge in [0, 0.05) is 26.7 Å². The minimum Gasteiger partial charge on any atom is -0.396 e. The summed E-state index contributed by atoms with van der Waals surface area (Å²) in [6.07, 6.45) is 1.57. The van der Waals surface area contributed by atoms with E-state index < -0.39 is 0 Å². The second-order valence-electron chi connectivity index (χ2n) is 5.43. The SMILES string of the molecule is Cc1nn(C)c(=O)c(C(=O)N2CCC(CO)CC2)c1C. The monoisotopic (exact) mass is 279 g/mol. The number of hydrogen-bond donors (Lipinski definition) is 1. The quantitative estimate of drug-likeness (QED) is 0.841. The Kier molecular flexibility index (Phi) is 4.23. The predicted octanol–water partition coefficient (Wildman–Crippen LogP) is 0.242. The molecule has 0 aromatic carbocycles. The highest BCUT2D eigenvalue weighted by Gasteiger charge is 2.27. The summed E-state index contributed by atoms with van der Waals surface area (Å²) in [6.45, 7) is 4.90. The molecule has 0 aliphatic carbocycles. The van der Waals surface area contributed by atoms with Crippen LogP contribution in [-0.4, -0.2) is 45.4 Å². The number of carbonyl (C=O) groups is 1. The number of hydrogen-bond acceptors (Lipinski definition) is 4. The standard InChI is InChI=1S/C14H21N3O3/c1-9-10(2)15-16(3)13(19)12(9)14(20)17-6-4-11(8-18)5-7-17/h11,18H,4-8H2,1-3H3. The van der Waals surface area contributed by atoms with Crippen LogP contribution in [0.1, 0.15) is 34.5 Å². The fourth-order valence-corrected chi connectivity index (χ4v) is 2.58. The number of aryl methyl sites for hydroxylation is 2. The zero-order chi connectivity index (χ0) is 14.9. The molecule has 6 nitrogen and oxygen atoms in total. The van der Waals surface area contributed by atoms with Crippen molar-refractivity contribution in [1.29, 1.82) is 0 Å². The molecule has 20 heavy (non-hydrogen) atoms. The van der Waals surface area contributed by atoms with E-state index in [9.17, 15) is 9.59 Å². The molecule has 0 radical (unpaired) electrons. The molecule has 1 aliphatic rings. The number of aliphatic hydroxyl groups is 1. The minimum absolute atomic E-state index is 0.164. The molecule has 0 unspecified atom stereocenters. The van der Waals surface area contributed by atoms with Crippen LogP contribution in [-0.2, 0) is 7.05 Å². The maximum absolute atomic E-state index is 12.6. The maximum atomic E-state index is 12.6. The molecule has 1 amide bonds. The van der Waals surface area contributed by atoms with Crippen LogP contribution < -0.4 is 5.56 Å². The number of nitrogens with zero attached hydrogens (tertiary/aromatic N) is 3. The van der Waals surface area contributed by atoms with Gasteiger partial charge in [-0.1, -0.05) is 0 Å². The van der Waals surface area contributed by atoms with Crippen LogP contribution in [0.2, 0.25) is 0 Å². The van der Waals surface area contributed by atoms with Gasteiger partial charge in [0.1, 0.15) is 5.56 Å². The second-order valence-corrected chi connectivity index (χ2v) is 5.43. The van der Waals surface area contributed by atoms with E-state index in [4.69, 9.17) is 5.11 Å². The molecule has 0 spiro atoms. The average Bonchev–Trinajstić information content (AvgIpc) is 2.45. The molecule has 1 saturated heterocycles. The fourth-order valence-electron chi connectivity index (χ4n) is 2.58. The topological polar surface area (TPSA) is 75.4 Å². The number of aromatic nitrogens is 2. The molecule has 6 heteroatoms. The third-order valence-corrected chi connectivity index (χ3v) is 4.10. The molecule has 0 saturated carbocycles. The summed E-state index contributed by atoms with van der Waals surface area (Å²) in [5, 5.41) is 13.2. The number of likely N-dealkylation sites (tertiary alicyclic amines) is 1. The van der Waals surface area contributed by atoms with E-state index in [0.29, 0.717) is 24.3 Å². The van der Waals surface area contributed by atoms with Crippen molar-refractivity contribution in [2.24, 2.45) is 13.0 Å². The number of rotatable bonds is 2.